The van der Waals surface area contributed by atoms with Crippen LogP contribution in [-0.4, -0.2) is 20.2 Å². The van der Waals surface area contributed by atoms with Crippen molar-refractivity contribution in [1.29, 1.82) is 0 Å². The average Bonchev–Trinajstić information content (AvgIpc) is 2.42. The van der Waals surface area contributed by atoms with Crippen LogP contribution in [0, 0.1) is 0 Å². The second kappa shape index (κ2) is 8.95. The molecule has 0 amide bonds. The van der Waals surface area contributed by atoms with Gasteiger partial charge in [0.2, 0.25) is 0 Å². The number of hydrogen-bond donors (Lipinski definition) is 2. The number of ether oxygens (including phenoxy) is 1. The molecule has 1 aromatic carbocycles. The maximum Gasteiger partial charge on any atom is 0.118 e. The Kier molecular flexibility index (Phi) is 7.46. The Morgan fingerprint density at radius 1 is 1.11 bits per heavy atom. The zero-order valence-electron chi connectivity index (χ0n) is 11.6. The molecule has 0 bridgehead atoms. The van der Waals surface area contributed by atoms with E-state index in [1.807, 2.05) is 12.1 Å². The van der Waals surface area contributed by atoms with Gasteiger partial charge in [0.15, 0.2) is 0 Å². The molecule has 1 aromatic rings. The number of unbranched alkanes of at least 4 members (excludes halogenated alkanes) is 3. The van der Waals surface area contributed by atoms with Gasteiger partial charge < -0.3 is 15.8 Å². The van der Waals surface area contributed by atoms with Crippen LogP contribution >= 0.6 is 0 Å². The summed E-state index contributed by atoms with van der Waals surface area (Å²) in [6.45, 7) is 4.08. The molecule has 0 aliphatic heterocycles. The molecule has 1 rings (SSSR count). The summed E-state index contributed by atoms with van der Waals surface area (Å²) in [4.78, 5) is 0. The number of benzene rings is 1. The van der Waals surface area contributed by atoms with Crippen molar-refractivity contribution in [3.63, 3.8) is 0 Å². The summed E-state index contributed by atoms with van der Waals surface area (Å²) < 4.78 is 5.15. The van der Waals surface area contributed by atoms with Crippen LogP contribution < -0.4 is 15.8 Å². The first-order valence-corrected chi connectivity index (χ1v) is 6.85. The molecule has 0 aliphatic carbocycles. The van der Waals surface area contributed by atoms with Crippen LogP contribution in [0.25, 0.3) is 0 Å². The van der Waals surface area contributed by atoms with Gasteiger partial charge in [0.25, 0.3) is 0 Å². The molecule has 1 unspecified atom stereocenters. The zero-order chi connectivity index (χ0) is 13.2. The second-order valence-corrected chi connectivity index (χ2v) is 4.65. The van der Waals surface area contributed by atoms with E-state index < -0.39 is 0 Å². The van der Waals surface area contributed by atoms with Gasteiger partial charge in [-0.05, 0) is 50.6 Å². The first kappa shape index (κ1) is 15.0. The average molecular weight is 250 g/mol. The van der Waals surface area contributed by atoms with Crippen molar-refractivity contribution in [1.82, 2.24) is 5.32 Å². The van der Waals surface area contributed by atoms with Crippen LogP contribution in [0.15, 0.2) is 24.3 Å². The fraction of sp³-hybridized carbons (Fsp3) is 0.600. The molecule has 0 heterocycles. The Morgan fingerprint density at radius 3 is 2.39 bits per heavy atom. The highest BCUT2D eigenvalue weighted by atomic mass is 16.5. The van der Waals surface area contributed by atoms with E-state index in [0.29, 0.717) is 6.04 Å². The number of nitrogens with one attached hydrogen (secondary N) is 1. The molecule has 3 heteroatoms. The first-order chi connectivity index (χ1) is 8.77. The Labute approximate surface area is 111 Å². The molecular weight excluding hydrogens is 224 g/mol. The summed E-state index contributed by atoms with van der Waals surface area (Å²) in [7, 11) is 1.69. The second-order valence-electron chi connectivity index (χ2n) is 4.65. The van der Waals surface area contributed by atoms with Crippen LogP contribution in [0.3, 0.4) is 0 Å². The highest BCUT2D eigenvalue weighted by Crippen LogP contribution is 2.17. The predicted molar refractivity (Wildman–Crippen MR) is 76.9 cm³/mol. The van der Waals surface area contributed by atoms with Crippen molar-refractivity contribution in [2.45, 2.75) is 38.6 Å². The Bertz CT molecular complexity index is 311. The van der Waals surface area contributed by atoms with Crippen molar-refractivity contribution in [2.24, 2.45) is 5.73 Å². The lowest BCUT2D eigenvalue weighted by Crippen LogP contribution is -2.19. The maximum atomic E-state index is 5.47. The molecule has 0 fully saturated rings. The van der Waals surface area contributed by atoms with Gasteiger partial charge >= 0.3 is 0 Å². The lowest BCUT2D eigenvalue weighted by Gasteiger charge is -2.14. The van der Waals surface area contributed by atoms with Gasteiger partial charge in [-0.2, -0.15) is 0 Å². The van der Waals surface area contributed by atoms with Gasteiger partial charge in [-0.1, -0.05) is 25.0 Å². The number of nitrogens with two attached hydrogens (primary N) is 1. The largest absolute Gasteiger partial charge is 0.497 e. The van der Waals surface area contributed by atoms with Crippen LogP contribution in [0.2, 0.25) is 0 Å². The van der Waals surface area contributed by atoms with E-state index in [0.717, 1.165) is 25.3 Å². The van der Waals surface area contributed by atoms with E-state index in [1.54, 1.807) is 7.11 Å². The van der Waals surface area contributed by atoms with Gasteiger partial charge in [0, 0.05) is 6.04 Å². The molecule has 3 nitrogen and oxygen atoms in total. The molecule has 1 atom stereocenters. The normalized spacial score (nSPS) is 12.4. The summed E-state index contributed by atoms with van der Waals surface area (Å²) in [6.07, 6.45) is 4.88. The Morgan fingerprint density at radius 2 is 1.78 bits per heavy atom. The van der Waals surface area contributed by atoms with E-state index in [-0.39, 0.29) is 0 Å². The topological polar surface area (TPSA) is 47.3 Å². The quantitative estimate of drug-likeness (QED) is 0.663. The number of rotatable bonds is 9. The van der Waals surface area contributed by atoms with Crippen LogP contribution in [0.1, 0.15) is 44.2 Å². The maximum absolute atomic E-state index is 5.47. The van der Waals surface area contributed by atoms with E-state index in [9.17, 15) is 0 Å². The Balaban J connectivity index is 2.21. The third-order valence-corrected chi connectivity index (χ3v) is 3.20. The zero-order valence-corrected chi connectivity index (χ0v) is 11.6. The van der Waals surface area contributed by atoms with Gasteiger partial charge in [-0.3, -0.25) is 0 Å². The van der Waals surface area contributed by atoms with Crippen LogP contribution in [0.4, 0.5) is 0 Å². The molecule has 0 saturated heterocycles. The summed E-state index contributed by atoms with van der Waals surface area (Å²) in [5.41, 5.74) is 6.77. The molecule has 0 spiro atoms. The SMILES string of the molecule is COc1ccc(C(C)NCCCCCCN)cc1. The van der Waals surface area contributed by atoms with Crippen molar-refractivity contribution < 1.29 is 4.74 Å². The number of hydrogen-bond acceptors (Lipinski definition) is 3. The highest BCUT2D eigenvalue weighted by Gasteiger charge is 2.03. The van der Waals surface area contributed by atoms with Crippen molar-refractivity contribution in [3.8, 4) is 5.75 Å². The van der Waals surface area contributed by atoms with Crippen molar-refractivity contribution in [2.75, 3.05) is 20.2 Å². The van der Waals surface area contributed by atoms with E-state index >= 15 is 0 Å². The van der Waals surface area contributed by atoms with Crippen molar-refractivity contribution >= 4 is 0 Å². The minimum atomic E-state index is 0.394. The standard InChI is InChI=1S/C15H26N2O/c1-13(17-12-6-4-3-5-11-16)14-7-9-15(18-2)10-8-14/h7-10,13,17H,3-6,11-12,16H2,1-2H3. The first-order valence-electron chi connectivity index (χ1n) is 6.85. The van der Waals surface area contributed by atoms with Gasteiger partial charge in [-0.25, -0.2) is 0 Å². The Hall–Kier alpha value is -1.06. The molecular formula is C15H26N2O. The molecule has 0 saturated carbocycles. The van der Waals surface area contributed by atoms with Gasteiger partial charge in [0.05, 0.1) is 7.11 Å². The summed E-state index contributed by atoms with van der Waals surface area (Å²) >= 11 is 0. The smallest absolute Gasteiger partial charge is 0.118 e. The molecule has 0 radical (unpaired) electrons. The fourth-order valence-electron chi connectivity index (χ4n) is 1.95. The third kappa shape index (κ3) is 5.52. The lowest BCUT2D eigenvalue weighted by molar-refractivity contribution is 0.414. The molecule has 0 aliphatic rings. The highest BCUT2D eigenvalue weighted by molar-refractivity contribution is 5.28. The fourth-order valence-corrected chi connectivity index (χ4v) is 1.95. The number of methoxy groups -OCH3 is 1. The summed E-state index contributed by atoms with van der Waals surface area (Å²) in [6, 6.07) is 8.64. The molecule has 0 aromatic heterocycles. The van der Waals surface area contributed by atoms with Crippen LogP contribution in [0.5, 0.6) is 5.75 Å². The monoisotopic (exact) mass is 250 g/mol. The summed E-state index contributed by atoms with van der Waals surface area (Å²) in [5, 5.41) is 3.54. The third-order valence-electron chi connectivity index (χ3n) is 3.20. The van der Waals surface area contributed by atoms with Crippen molar-refractivity contribution in [3.05, 3.63) is 29.8 Å². The summed E-state index contributed by atoms with van der Waals surface area (Å²) in [5.74, 6) is 0.910. The van der Waals surface area contributed by atoms with Gasteiger partial charge in [0.1, 0.15) is 5.75 Å². The van der Waals surface area contributed by atoms with E-state index in [2.05, 4.69) is 24.4 Å². The lowest BCUT2D eigenvalue weighted by atomic mass is 10.1. The molecule has 3 N–H and O–H groups in total. The predicted octanol–water partition coefficient (Wildman–Crippen LogP) is 2.86. The van der Waals surface area contributed by atoms with E-state index in [1.165, 1.54) is 24.8 Å². The minimum Gasteiger partial charge on any atom is -0.497 e. The van der Waals surface area contributed by atoms with E-state index in [4.69, 9.17) is 10.5 Å². The van der Waals surface area contributed by atoms with Crippen LogP contribution in [-0.2, 0) is 0 Å². The minimum absolute atomic E-state index is 0.394. The molecule has 18 heavy (non-hydrogen) atoms. The van der Waals surface area contributed by atoms with Gasteiger partial charge in [-0.15, -0.1) is 0 Å². The molecule has 102 valence electrons.